The van der Waals surface area contributed by atoms with Crippen molar-refractivity contribution >= 4 is 19.4 Å². The zero-order valence-electron chi connectivity index (χ0n) is 8.12. The summed E-state index contributed by atoms with van der Waals surface area (Å²) in [5, 5.41) is 1.51. The van der Waals surface area contributed by atoms with Crippen molar-refractivity contribution in [1.29, 1.82) is 0 Å². The molecular formula is C10H16BP. The van der Waals surface area contributed by atoms with E-state index in [9.17, 15) is 0 Å². The van der Waals surface area contributed by atoms with Gasteiger partial charge in [0.25, 0.3) is 0 Å². The Hall–Kier alpha value is -0.285. The van der Waals surface area contributed by atoms with Gasteiger partial charge in [-0.1, -0.05) is 32.1 Å². The van der Waals surface area contributed by atoms with Crippen molar-refractivity contribution in [3.05, 3.63) is 30.3 Å². The molecule has 0 atom stereocenters. The quantitative estimate of drug-likeness (QED) is 0.493. The molecule has 2 radical (unpaired) electrons. The average molecular weight is 178 g/mol. The van der Waals surface area contributed by atoms with E-state index in [-0.39, 0.29) is 0 Å². The van der Waals surface area contributed by atoms with Crippen molar-refractivity contribution in [3.8, 4) is 0 Å². The van der Waals surface area contributed by atoms with Crippen LogP contribution in [0.3, 0.4) is 0 Å². The summed E-state index contributed by atoms with van der Waals surface area (Å²) >= 11 is 0. The second kappa shape index (κ2) is 4.09. The third kappa shape index (κ3) is 2.35. The van der Waals surface area contributed by atoms with E-state index in [2.05, 4.69) is 57.6 Å². The lowest BCUT2D eigenvalue weighted by atomic mass is 10.1. The monoisotopic (exact) mass is 178 g/mol. The summed E-state index contributed by atoms with van der Waals surface area (Å²) in [6, 6.07) is 10.8. The summed E-state index contributed by atoms with van der Waals surface area (Å²) in [6.45, 7) is 9.41. The van der Waals surface area contributed by atoms with Gasteiger partial charge in [0.15, 0.2) is 0 Å². The third-order valence-corrected chi connectivity index (χ3v) is 4.97. The van der Waals surface area contributed by atoms with Gasteiger partial charge in [-0.3, -0.25) is 0 Å². The van der Waals surface area contributed by atoms with Crippen LogP contribution in [0.25, 0.3) is 0 Å². The molecule has 2 heteroatoms. The van der Waals surface area contributed by atoms with Gasteiger partial charge in [0.05, 0.1) is 0 Å². The fourth-order valence-corrected chi connectivity index (χ4v) is 3.44. The molecule has 0 bridgehead atoms. The molecule has 0 unspecified atom stereocenters. The van der Waals surface area contributed by atoms with Crippen LogP contribution in [-0.2, 0) is 0 Å². The minimum absolute atomic E-state index is 0.920. The first-order chi connectivity index (χ1) is 5.67. The first-order valence-electron chi connectivity index (χ1n) is 4.40. The fraction of sp³-hybridized carbons (Fsp3) is 0.400. The molecule has 0 aliphatic carbocycles. The molecular weight excluding hydrogens is 162 g/mol. The smallest absolute Gasteiger partial charge is 0.0441 e. The highest BCUT2D eigenvalue weighted by Crippen LogP contribution is 2.48. The molecule has 1 aromatic rings. The molecule has 0 aromatic heterocycles. The van der Waals surface area contributed by atoms with Crippen molar-refractivity contribution in [2.45, 2.75) is 13.2 Å². The van der Waals surface area contributed by atoms with Gasteiger partial charge in [-0.05, 0) is 12.1 Å². The Morgan fingerprint density at radius 2 is 1.75 bits per heavy atom. The maximum Gasteiger partial charge on any atom is 0.0441 e. The molecule has 0 saturated heterocycles. The summed E-state index contributed by atoms with van der Waals surface area (Å²) in [5.74, 6) is 0. The Labute approximate surface area is 76.9 Å². The normalized spacial score (nSPS) is 11.6. The zero-order chi connectivity index (χ0) is 9.03. The van der Waals surface area contributed by atoms with E-state index >= 15 is 0 Å². The number of rotatable bonds is 3. The van der Waals surface area contributed by atoms with Gasteiger partial charge in [0, 0.05) is 18.6 Å². The average Bonchev–Trinajstić information content (AvgIpc) is 2.06. The van der Waals surface area contributed by atoms with Crippen LogP contribution in [-0.4, -0.2) is 20.3 Å². The Morgan fingerprint density at radius 1 is 1.17 bits per heavy atom. The SMILES string of the molecule is CC[B-][P+](C)(C)c1ccccc1. The molecule has 0 aliphatic rings. The summed E-state index contributed by atoms with van der Waals surface area (Å²) in [4.78, 5) is 0. The lowest BCUT2D eigenvalue weighted by molar-refractivity contribution is 1.47. The molecule has 0 saturated carbocycles. The van der Waals surface area contributed by atoms with E-state index < -0.39 is 7.14 Å². The van der Waals surface area contributed by atoms with Crippen LogP contribution >= 0.6 is 7.14 Å². The van der Waals surface area contributed by atoms with E-state index in [1.54, 1.807) is 0 Å². The number of hydrogen-bond donors (Lipinski definition) is 0. The molecule has 0 amide bonds. The van der Waals surface area contributed by atoms with Gasteiger partial charge < -0.3 is 0 Å². The molecule has 1 rings (SSSR count). The van der Waals surface area contributed by atoms with Crippen molar-refractivity contribution in [2.75, 3.05) is 13.3 Å². The van der Waals surface area contributed by atoms with Gasteiger partial charge in [0.1, 0.15) is 0 Å². The Morgan fingerprint density at radius 3 is 2.25 bits per heavy atom. The largest absolute Gasteiger partial charge is 0.199 e. The Balaban J connectivity index is 2.82. The summed E-state index contributed by atoms with van der Waals surface area (Å²) < 4.78 is 0. The van der Waals surface area contributed by atoms with Crippen LogP contribution in [0.2, 0.25) is 6.32 Å². The van der Waals surface area contributed by atoms with Crippen LogP contribution in [0, 0.1) is 0 Å². The molecule has 0 fully saturated rings. The molecule has 0 heterocycles. The maximum atomic E-state index is 2.46. The number of benzene rings is 1. The molecule has 0 spiro atoms. The van der Waals surface area contributed by atoms with Crippen LogP contribution in [0.1, 0.15) is 6.92 Å². The summed E-state index contributed by atoms with van der Waals surface area (Å²) in [5.41, 5.74) is 0. The van der Waals surface area contributed by atoms with Gasteiger partial charge in [0.2, 0.25) is 0 Å². The van der Waals surface area contributed by atoms with Gasteiger partial charge in [-0.15, -0.1) is 0 Å². The van der Waals surface area contributed by atoms with Gasteiger partial charge in [-0.25, -0.2) is 0 Å². The maximum absolute atomic E-state index is 2.46. The highest BCUT2D eigenvalue weighted by molar-refractivity contribution is 8.05. The second-order valence-corrected chi connectivity index (χ2v) is 7.43. The minimum atomic E-state index is -0.920. The van der Waals surface area contributed by atoms with Gasteiger partial charge in [-0.2, -0.15) is 13.5 Å². The van der Waals surface area contributed by atoms with Crippen molar-refractivity contribution in [2.24, 2.45) is 0 Å². The van der Waals surface area contributed by atoms with E-state index in [0.29, 0.717) is 0 Å². The van der Waals surface area contributed by atoms with Crippen LogP contribution in [0.15, 0.2) is 30.3 Å². The molecule has 1 aromatic carbocycles. The van der Waals surface area contributed by atoms with Crippen molar-refractivity contribution in [3.63, 3.8) is 0 Å². The molecule has 0 nitrogen and oxygen atoms in total. The topological polar surface area (TPSA) is 0 Å². The summed E-state index contributed by atoms with van der Waals surface area (Å²) in [6.07, 6.45) is 1.18. The Kier molecular flexibility index (Phi) is 3.34. The van der Waals surface area contributed by atoms with Crippen molar-refractivity contribution < 1.29 is 0 Å². The molecule has 64 valence electrons. The predicted molar refractivity (Wildman–Crippen MR) is 61.1 cm³/mol. The van der Waals surface area contributed by atoms with E-state index in [1.165, 1.54) is 11.6 Å². The fourth-order valence-electron chi connectivity index (χ4n) is 1.37. The van der Waals surface area contributed by atoms with E-state index in [1.807, 2.05) is 0 Å². The highest BCUT2D eigenvalue weighted by Gasteiger charge is 2.13. The molecule has 0 aliphatic heterocycles. The van der Waals surface area contributed by atoms with Crippen LogP contribution in [0.4, 0.5) is 0 Å². The minimum Gasteiger partial charge on any atom is -0.199 e. The van der Waals surface area contributed by atoms with E-state index in [4.69, 9.17) is 0 Å². The van der Waals surface area contributed by atoms with Crippen LogP contribution < -0.4 is 5.30 Å². The van der Waals surface area contributed by atoms with Crippen molar-refractivity contribution in [1.82, 2.24) is 0 Å². The third-order valence-electron chi connectivity index (χ3n) is 2.06. The highest BCUT2D eigenvalue weighted by atomic mass is 31.2. The number of hydrogen-bond acceptors (Lipinski definition) is 0. The second-order valence-electron chi connectivity index (χ2n) is 3.47. The van der Waals surface area contributed by atoms with E-state index in [0.717, 1.165) is 0 Å². The molecule has 12 heavy (non-hydrogen) atoms. The first kappa shape index (κ1) is 9.80. The van der Waals surface area contributed by atoms with Crippen LogP contribution in [0.5, 0.6) is 0 Å². The molecule has 0 N–H and O–H groups in total. The Bertz CT molecular complexity index is 231. The predicted octanol–water partition coefficient (Wildman–Crippen LogP) is 2.65. The zero-order valence-corrected chi connectivity index (χ0v) is 9.01. The lowest BCUT2D eigenvalue weighted by Crippen LogP contribution is -2.13. The first-order valence-corrected chi connectivity index (χ1v) is 7.15. The standard InChI is InChI=1S/C10H16BP/c1-4-11-12(2,3)10-8-6-5-7-9-10/h5-9H,4H2,1-3H3. The lowest BCUT2D eigenvalue weighted by Gasteiger charge is -2.29. The summed E-state index contributed by atoms with van der Waals surface area (Å²) in [7, 11) is -0.920. The van der Waals surface area contributed by atoms with Gasteiger partial charge >= 0.3 is 0 Å².